The summed E-state index contributed by atoms with van der Waals surface area (Å²) < 4.78 is 7.48. The number of anilines is 1. The van der Waals surface area contributed by atoms with E-state index in [0.29, 0.717) is 18.8 Å². The van der Waals surface area contributed by atoms with Gasteiger partial charge in [-0.3, -0.25) is 14.5 Å². The van der Waals surface area contributed by atoms with Gasteiger partial charge in [0.2, 0.25) is 5.91 Å². The lowest BCUT2D eigenvalue weighted by Crippen LogP contribution is -2.41. The van der Waals surface area contributed by atoms with Gasteiger partial charge in [-0.15, -0.1) is 0 Å². The third-order valence-electron chi connectivity index (χ3n) is 7.12. The van der Waals surface area contributed by atoms with Gasteiger partial charge in [-0.2, -0.15) is 0 Å². The molecule has 7 nitrogen and oxygen atoms in total. The maximum Gasteiger partial charge on any atom is 0.267 e. The van der Waals surface area contributed by atoms with Crippen molar-refractivity contribution in [2.24, 2.45) is 5.92 Å². The third kappa shape index (κ3) is 5.57. The molecule has 2 amide bonds. The van der Waals surface area contributed by atoms with Gasteiger partial charge in [0.1, 0.15) is 5.69 Å². The van der Waals surface area contributed by atoms with Crippen molar-refractivity contribution in [1.82, 2.24) is 14.8 Å². The molecule has 1 saturated heterocycles. The van der Waals surface area contributed by atoms with Gasteiger partial charge < -0.3 is 19.9 Å². The summed E-state index contributed by atoms with van der Waals surface area (Å²) in [5.74, 6) is 0.141. The number of fused-ring (bicyclic) bond motifs is 1. The Morgan fingerprint density at radius 1 is 1.06 bits per heavy atom. The highest BCUT2D eigenvalue weighted by atomic mass is 16.5. The third-order valence-corrected chi connectivity index (χ3v) is 7.12. The number of ether oxygens (including phenoxy) is 1. The van der Waals surface area contributed by atoms with E-state index < -0.39 is 0 Å². The van der Waals surface area contributed by atoms with Gasteiger partial charge in [0.25, 0.3) is 5.91 Å². The quantitative estimate of drug-likeness (QED) is 0.521. The van der Waals surface area contributed by atoms with Crippen molar-refractivity contribution < 1.29 is 14.3 Å². The number of aryl methyl sites for hydroxylation is 1. The van der Waals surface area contributed by atoms with Gasteiger partial charge in [-0.1, -0.05) is 36.2 Å². The topological polar surface area (TPSA) is 75.6 Å². The van der Waals surface area contributed by atoms with Crippen LogP contribution in [0.15, 0.2) is 48.5 Å². The fraction of sp³-hybridized carbons (Fsp3) is 0.429. The molecule has 1 saturated carbocycles. The molecular weight excluding hydrogens is 440 g/mol. The predicted molar refractivity (Wildman–Crippen MR) is 138 cm³/mol. The molecule has 0 radical (unpaired) electrons. The number of aromatic nitrogens is 1. The maximum atomic E-state index is 13.3. The van der Waals surface area contributed by atoms with Gasteiger partial charge in [0.15, 0.2) is 0 Å². The van der Waals surface area contributed by atoms with Gasteiger partial charge >= 0.3 is 0 Å². The molecule has 0 unspecified atom stereocenters. The minimum Gasteiger partial charge on any atom is -0.379 e. The molecule has 0 bridgehead atoms. The molecule has 2 N–H and O–H groups in total. The van der Waals surface area contributed by atoms with Gasteiger partial charge in [-0.25, -0.2) is 0 Å². The summed E-state index contributed by atoms with van der Waals surface area (Å²) in [5.41, 5.74) is 4.72. The van der Waals surface area contributed by atoms with Crippen molar-refractivity contribution in [3.63, 3.8) is 0 Å². The monoisotopic (exact) mass is 474 g/mol. The number of hydrogen-bond donors (Lipinski definition) is 2. The van der Waals surface area contributed by atoms with Crippen LogP contribution in [0.5, 0.6) is 0 Å². The molecule has 7 heteroatoms. The smallest absolute Gasteiger partial charge is 0.267 e. The molecule has 184 valence electrons. The van der Waals surface area contributed by atoms with Crippen LogP contribution in [-0.4, -0.2) is 60.7 Å². The van der Waals surface area contributed by atoms with Crippen molar-refractivity contribution in [3.8, 4) is 0 Å². The number of nitrogens with zero attached hydrogens (tertiary/aromatic N) is 2. The summed E-state index contributed by atoms with van der Waals surface area (Å²) in [6.45, 7) is 7.38. The zero-order valence-electron chi connectivity index (χ0n) is 20.4. The largest absolute Gasteiger partial charge is 0.379 e. The van der Waals surface area contributed by atoms with Crippen LogP contribution < -0.4 is 10.6 Å². The standard InChI is InChI=1S/C28H34N4O3/c1-20-4-2-5-21(16-20)19-32-25-9-8-24(30-27(33)22-6-3-7-22)17-23(25)18-26(32)28(34)29-10-11-31-12-14-35-15-13-31/h2,4-5,8-9,16-18,22H,3,6-7,10-15,19H2,1H3,(H,29,34)(H,30,33). The number of rotatable bonds is 8. The van der Waals surface area contributed by atoms with E-state index in [2.05, 4.69) is 45.2 Å². The molecule has 35 heavy (non-hydrogen) atoms. The molecular formula is C28H34N4O3. The van der Waals surface area contributed by atoms with E-state index in [0.717, 1.165) is 74.3 Å². The summed E-state index contributed by atoms with van der Waals surface area (Å²) >= 11 is 0. The van der Waals surface area contributed by atoms with E-state index in [9.17, 15) is 9.59 Å². The molecule has 0 spiro atoms. The van der Waals surface area contributed by atoms with E-state index in [1.807, 2.05) is 30.3 Å². The lowest BCUT2D eigenvalue weighted by atomic mass is 9.85. The average Bonchev–Trinajstić information content (AvgIpc) is 3.16. The second kappa shape index (κ2) is 10.6. The minimum atomic E-state index is -0.0813. The first kappa shape index (κ1) is 23.6. The van der Waals surface area contributed by atoms with Gasteiger partial charge in [-0.05, 0) is 49.6 Å². The highest BCUT2D eigenvalue weighted by Gasteiger charge is 2.25. The zero-order chi connectivity index (χ0) is 24.2. The molecule has 1 aliphatic heterocycles. The van der Waals surface area contributed by atoms with Crippen LogP contribution in [0, 0.1) is 12.8 Å². The summed E-state index contributed by atoms with van der Waals surface area (Å²) in [4.78, 5) is 28.0. The number of nitrogens with one attached hydrogen (secondary N) is 2. The molecule has 2 fully saturated rings. The number of morpholine rings is 1. The average molecular weight is 475 g/mol. The number of hydrogen-bond acceptors (Lipinski definition) is 4. The van der Waals surface area contributed by atoms with Gasteiger partial charge in [0.05, 0.1) is 13.2 Å². The van der Waals surface area contributed by atoms with Crippen molar-refractivity contribution in [2.75, 3.05) is 44.7 Å². The lowest BCUT2D eigenvalue weighted by molar-refractivity contribution is -0.122. The molecule has 1 aliphatic carbocycles. The van der Waals surface area contributed by atoms with E-state index in [1.54, 1.807) is 0 Å². The summed E-state index contributed by atoms with van der Waals surface area (Å²) in [7, 11) is 0. The SMILES string of the molecule is Cc1cccc(Cn2c(C(=O)NCCN3CCOCC3)cc3cc(NC(=O)C4CCC4)ccc32)c1. The molecule has 0 atom stereocenters. The predicted octanol–water partition coefficient (Wildman–Crippen LogP) is 3.80. The zero-order valence-corrected chi connectivity index (χ0v) is 20.4. The molecule has 1 aromatic heterocycles. The minimum absolute atomic E-state index is 0.0813. The number of benzene rings is 2. The molecule has 2 heterocycles. The highest BCUT2D eigenvalue weighted by Crippen LogP contribution is 2.29. The first-order chi connectivity index (χ1) is 17.1. The molecule has 2 aliphatic rings. The highest BCUT2D eigenvalue weighted by molar-refractivity contribution is 6.01. The summed E-state index contributed by atoms with van der Waals surface area (Å²) in [6.07, 6.45) is 3.06. The maximum absolute atomic E-state index is 13.3. The van der Waals surface area contributed by atoms with Crippen molar-refractivity contribution >= 4 is 28.4 Å². The van der Waals surface area contributed by atoms with Crippen LogP contribution in [-0.2, 0) is 16.1 Å². The Labute approximate surface area is 206 Å². The van der Waals surface area contributed by atoms with E-state index >= 15 is 0 Å². The lowest BCUT2D eigenvalue weighted by Gasteiger charge is -2.26. The number of amides is 2. The van der Waals surface area contributed by atoms with Crippen molar-refractivity contribution in [2.45, 2.75) is 32.7 Å². The van der Waals surface area contributed by atoms with Crippen molar-refractivity contribution in [1.29, 1.82) is 0 Å². The number of carbonyl (C=O) groups excluding carboxylic acids is 2. The Kier molecular flexibility index (Phi) is 7.16. The number of carbonyl (C=O) groups is 2. The van der Waals surface area contributed by atoms with Crippen LogP contribution >= 0.6 is 0 Å². The molecule has 5 rings (SSSR count). The van der Waals surface area contributed by atoms with E-state index in [1.165, 1.54) is 5.56 Å². The Morgan fingerprint density at radius 3 is 2.63 bits per heavy atom. The van der Waals surface area contributed by atoms with Gasteiger partial charge in [0, 0.05) is 55.2 Å². The fourth-order valence-corrected chi connectivity index (χ4v) is 4.86. The van der Waals surface area contributed by atoms with Crippen LogP contribution in [0.1, 0.15) is 40.9 Å². The first-order valence-electron chi connectivity index (χ1n) is 12.6. The van der Waals surface area contributed by atoms with Crippen LogP contribution in [0.2, 0.25) is 0 Å². The van der Waals surface area contributed by atoms with Crippen LogP contribution in [0.4, 0.5) is 5.69 Å². The Hall–Kier alpha value is -3.16. The Balaban J connectivity index is 1.38. The van der Waals surface area contributed by atoms with Crippen LogP contribution in [0.25, 0.3) is 10.9 Å². The summed E-state index contributed by atoms with van der Waals surface area (Å²) in [5, 5.41) is 7.11. The van der Waals surface area contributed by atoms with Crippen molar-refractivity contribution in [3.05, 3.63) is 65.4 Å². The second-order valence-corrected chi connectivity index (χ2v) is 9.71. The second-order valence-electron chi connectivity index (χ2n) is 9.71. The summed E-state index contributed by atoms with van der Waals surface area (Å²) in [6, 6.07) is 16.2. The molecule has 2 aromatic carbocycles. The van der Waals surface area contributed by atoms with E-state index in [-0.39, 0.29) is 17.7 Å². The van der Waals surface area contributed by atoms with Crippen LogP contribution in [0.3, 0.4) is 0 Å². The van der Waals surface area contributed by atoms with E-state index in [4.69, 9.17) is 4.74 Å². The fourth-order valence-electron chi connectivity index (χ4n) is 4.86. The Morgan fingerprint density at radius 2 is 1.89 bits per heavy atom. The molecule has 3 aromatic rings. The Bertz CT molecular complexity index is 1210. The first-order valence-corrected chi connectivity index (χ1v) is 12.6. The normalized spacial score (nSPS) is 16.7.